The summed E-state index contributed by atoms with van der Waals surface area (Å²) in [6.07, 6.45) is 11.8. The van der Waals surface area contributed by atoms with Crippen molar-refractivity contribution in [3.05, 3.63) is 47.1 Å². The van der Waals surface area contributed by atoms with E-state index in [-0.39, 0.29) is 23.1 Å². The van der Waals surface area contributed by atoms with Crippen LogP contribution in [-0.2, 0) is 19.1 Å². The Bertz CT molecular complexity index is 910. The van der Waals surface area contributed by atoms with Crippen LogP contribution in [0.3, 0.4) is 0 Å². The Kier molecular flexibility index (Phi) is 8.96. The van der Waals surface area contributed by atoms with Gasteiger partial charge in [0.25, 0.3) is 0 Å². The van der Waals surface area contributed by atoms with Gasteiger partial charge in [-0.1, -0.05) is 38.2 Å². The zero-order valence-corrected chi connectivity index (χ0v) is 21.3. The summed E-state index contributed by atoms with van der Waals surface area (Å²) in [7, 11) is 2.84. The number of carbonyl (C=O) groups excluding carboxylic acids is 2. The molecule has 190 valence electrons. The van der Waals surface area contributed by atoms with Crippen molar-refractivity contribution in [2.24, 2.45) is 5.92 Å². The lowest BCUT2D eigenvalue weighted by Gasteiger charge is -2.35. The fourth-order valence-electron chi connectivity index (χ4n) is 5.63. The van der Waals surface area contributed by atoms with Gasteiger partial charge in [0.15, 0.2) is 0 Å². The summed E-state index contributed by atoms with van der Waals surface area (Å²) in [6.45, 7) is 5.55. The Balaban J connectivity index is 1.05. The van der Waals surface area contributed by atoms with Crippen LogP contribution in [-0.4, -0.2) is 68.4 Å². The number of aromatic nitrogens is 1. The number of ether oxygens (including phenoxy) is 2. The number of carbonyl (C=O) groups is 2. The summed E-state index contributed by atoms with van der Waals surface area (Å²) in [5.74, 6) is 1.26. The van der Waals surface area contributed by atoms with Crippen molar-refractivity contribution in [1.29, 1.82) is 0 Å². The van der Waals surface area contributed by atoms with E-state index in [1.54, 1.807) is 0 Å². The molecule has 2 heterocycles. The maximum atomic E-state index is 12.7. The number of nitrogens with zero attached hydrogens (tertiary/aromatic N) is 3. The molecule has 0 radical (unpaired) electrons. The van der Waals surface area contributed by atoms with Gasteiger partial charge in [-0.15, -0.1) is 0 Å². The summed E-state index contributed by atoms with van der Waals surface area (Å²) < 4.78 is 10.3. The van der Waals surface area contributed by atoms with Crippen LogP contribution in [0.2, 0.25) is 0 Å². The van der Waals surface area contributed by atoms with Crippen LogP contribution in [0.25, 0.3) is 0 Å². The average Bonchev–Trinajstić information content (AvgIpc) is 3.33. The minimum atomic E-state index is -0.167. The monoisotopic (exact) mass is 481 g/mol. The third kappa shape index (κ3) is 6.13. The van der Waals surface area contributed by atoms with Gasteiger partial charge in [0, 0.05) is 43.5 Å². The summed E-state index contributed by atoms with van der Waals surface area (Å²) in [5, 5.41) is 0. The topological polar surface area (TPSA) is 72.0 Å². The minimum Gasteiger partial charge on any atom is -0.489 e. The first-order chi connectivity index (χ1) is 17.1. The molecule has 0 bridgehead atoms. The molecule has 1 saturated heterocycles. The summed E-state index contributed by atoms with van der Waals surface area (Å²) in [6, 6.07) is 6.12. The molecule has 0 aromatic carbocycles. The summed E-state index contributed by atoms with van der Waals surface area (Å²) in [4.78, 5) is 34.8. The van der Waals surface area contributed by atoms with Crippen molar-refractivity contribution in [1.82, 2.24) is 9.88 Å². The zero-order valence-electron chi connectivity index (χ0n) is 21.3. The van der Waals surface area contributed by atoms with Crippen LogP contribution in [0, 0.1) is 5.92 Å². The maximum Gasteiger partial charge on any atom is 0.228 e. The zero-order chi connectivity index (χ0) is 24.6. The molecule has 0 unspecified atom stereocenters. The molecule has 0 atom stereocenters. The standard InChI is InChI=1S/C28H39N3O4/c1-34-27-25(32)22-19-21(20-23(22)26(33)28(27)35-2)11-7-5-3-4-6-10-14-30-15-17-31(18-16-30)24-12-8-9-13-29-24/h8-9,12-13,21H,3-7,10-11,14-20H2,1-2H3. The van der Waals surface area contributed by atoms with E-state index < -0.39 is 0 Å². The molecule has 4 rings (SSSR count). The highest BCUT2D eigenvalue weighted by Crippen LogP contribution is 2.41. The van der Waals surface area contributed by atoms with Gasteiger partial charge in [0.1, 0.15) is 5.82 Å². The fourth-order valence-corrected chi connectivity index (χ4v) is 5.63. The highest BCUT2D eigenvalue weighted by atomic mass is 16.5. The van der Waals surface area contributed by atoms with Gasteiger partial charge < -0.3 is 14.4 Å². The second-order valence-corrected chi connectivity index (χ2v) is 9.88. The van der Waals surface area contributed by atoms with Gasteiger partial charge in [0.2, 0.25) is 23.1 Å². The second-order valence-electron chi connectivity index (χ2n) is 9.88. The van der Waals surface area contributed by atoms with E-state index in [9.17, 15) is 9.59 Å². The number of anilines is 1. The van der Waals surface area contributed by atoms with E-state index in [0.29, 0.717) is 29.9 Å². The van der Waals surface area contributed by atoms with Gasteiger partial charge in [0.05, 0.1) is 14.2 Å². The maximum absolute atomic E-state index is 12.7. The molecule has 35 heavy (non-hydrogen) atoms. The molecule has 2 aliphatic carbocycles. The van der Waals surface area contributed by atoms with Gasteiger partial charge in [-0.25, -0.2) is 4.98 Å². The van der Waals surface area contributed by atoms with Crippen molar-refractivity contribution in [3.63, 3.8) is 0 Å². The summed E-state index contributed by atoms with van der Waals surface area (Å²) >= 11 is 0. The molecular weight excluding hydrogens is 442 g/mol. The number of allylic oxidation sites excluding steroid dienone is 2. The molecule has 0 saturated carbocycles. The smallest absolute Gasteiger partial charge is 0.228 e. The Hall–Kier alpha value is -2.67. The number of hydrogen-bond donors (Lipinski definition) is 0. The molecule has 0 spiro atoms. The van der Waals surface area contributed by atoms with Crippen molar-refractivity contribution >= 4 is 17.4 Å². The van der Waals surface area contributed by atoms with Crippen LogP contribution in [0.4, 0.5) is 5.82 Å². The Morgan fingerprint density at radius 2 is 1.43 bits per heavy atom. The number of hydrogen-bond acceptors (Lipinski definition) is 7. The number of pyridine rings is 1. The number of unbranched alkanes of at least 4 members (excludes halogenated alkanes) is 5. The van der Waals surface area contributed by atoms with Crippen molar-refractivity contribution in [2.45, 2.75) is 57.8 Å². The predicted molar refractivity (Wildman–Crippen MR) is 136 cm³/mol. The lowest BCUT2D eigenvalue weighted by molar-refractivity contribution is -0.121. The number of methoxy groups -OCH3 is 2. The van der Waals surface area contributed by atoms with Crippen LogP contribution >= 0.6 is 0 Å². The molecule has 1 aromatic heterocycles. The highest BCUT2D eigenvalue weighted by Gasteiger charge is 2.41. The largest absolute Gasteiger partial charge is 0.489 e. The Morgan fingerprint density at radius 1 is 0.829 bits per heavy atom. The molecule has 7 nitrogen and oxygen atoms in total. The predicted octanol–water partition coefficient (Wildman–Crippen LogP) is 4.30. The first-order valence-electron chi connectivity index (χ1n) is 13.1. The molecule has 0 N–H and O–H groups in total. The van der Waals surface area contributed by atoms with Crippen LogP contribution < -0.4 is 4.90 Å². The lowest BCUT2D eigenvalue weighted by Crippen LogP contribution is -2.46. The Morgan fingerprint density at radius 3 is 2.00 bits per heavy atom. The lowest BCUT2D eigenvalue weighted by atomic mass is 9.94. The third-order valence-corrected chi connectivity index (χ3v) is 7.61. The molecular formula is C28H39N3O4. The van der Waals surface area contributed by atoms with Gasteiger partial charge in [-0.05, 0) is 50.3 Å². The average molecular weight is 482 g/mol. The van der Waals surface area contributed by atoms with E-state index in [0.717, 1.165) is 44.8 Å². The molecule has 3 aliphatic rings. The first-order valence-corrected chi connectivity index (χ1v) is 13.1. The van der Waals surface area contributed by atoms with Gasteiger partial charge in [-0.3, -0.25) is 14.5 Å². The normalized spacial score (nSPS) is 19.5. The Labute approximate surface area is 209 Å². The number of ketones is 2. The van der Waals surface area contributed by atoms with Crippen molar-refractivity contribution < 1.29 is 19.1 Å². The van der Waals surface area contributed by atoms with Crippen LogP contribution in [0.15, 0.2) is 47.1 Å². The molecule has 1 aliphatic heterocycles. The third-order valence-electron chi connectivity index (χ3n) is 7.61. The molecule has 7 heteroatoms. The van der Waals surface area contributed by atoms with Gasteiger partial charge in [-0.2, -0.15) is 0 Å². The molecule has 1 fully saturated rings. The van der Waals surface area contributed by atoms with E-state index in [4.69, 9.17) is 9.47 Å². The number of piperazine rings is 1. The van der Waals surface area contributed by atoms with Crippen molar-refractivity contribution in [3.8, 4) is 0 Å². The molecule has 1 aromatic rings. The van der Waals surface area contributed by atoms with E-state index in [1.807, 2.05) is 12.3 Å². The van der Waals surface area contributed by atoms with Crippen LogP contribution in [0.1, 0.15) is 57.8 Å². The van der Waals surface area contributed by atoms with Gasteiger partial charge >= 0.3 is 0 Å². The number of Topliss-reactive ketones (excluding diaryl/α,β-unsaturated/α-hetero) is 2. The van der Waals surface area contributed by atoms with Crippen molar-refractivity contribution in [2.75, 3.05) is 51.8 Å². The van der Waals surface area contributed by atoms with E-state index in [2.05, 4.69) is 26.9 Å². The quantitative estimate of drug-likeness (QED) is 0.326. The van der Waals surface area contributed by atoms with Crippen LogP contribution in [0.5, 0.6) is 0 Å². The minimum absolute atomic E-state index is 0.0620. The SMILES string of the molecule is COC1=C(OC)C(=O)C2=C(CC(CCCCCCCCN3CCN(c4ccccn4)CC3)C2)C1=O. The van der Waals surface area contributed by atoms with E-state index in [1.165, 1.54) is 52.9 Å². The fraction of sp³-hybridized carbons (Fsp3) is 0.607. The highest BCUT2D eigenvalue weighted by molar-refractivity contribution is 6.24. The molecule has 0 amide bonds. The summed E-state index contributed by atoms with van der Waals surface area (Å²) in [5.41, 5.74) is 1.30. The van der Waals surface area contributed by atoms with E-state index >= 15 is 0 Å². The first kappa shape index (κ1) is 25.4. The second kappa shape index (κ2) is 12.3. The number of rotatable bonds is 12.